The molecule has 0 saturated heterocycles. The van der Waals surface area contributed by atoms with E-state index in [1.165, 1.54) is 0 Å². The first-order valence-electron chi connectivity index (χ1n) is 0. The summed E-state index contributed by atoms with van der Waals surface area (Å²) in [5, 5.41) is 0. The van der Waals surface area contributed by atoms with Gasteiger partial charge in [0.15, 0.2) is 0 Å². The Morgan fingerprint density at radius 2 is 0.333 bits per heavy atom. The molecule has 0 rings (SSSR count). The van der Waals surface area contributed by atoms with E-state index in [2.05, 4.69) is 0 Å². The Morgan fingerprint density at radius 1 is 0.333 bits per heavy atom. The zero-order valence-electron chi connectivity index (χ0n) is 3.72. The number of hydrogen-bond donors (Lipinski definition) is 0. The van der Waals surface area contributed by atoms with Crippen LogP contribution in [-0.4, -0.2) is 17.4 Å². The van der Waals surface area contributed by atoms with E-state index in [-0.39, 0.29) is 72.0 Å². The van der Waals surface area contributed by atoms with Crippen molar-refractivity contribution < 1.29 is 54.6 Å². The molecule has 0 nitrogen and oxygen atoms in total. The largest absolute Gasteiger partial charge is 4.00 e. The molecule has 0 heterocycles. The summed E-state index contributed by atoms with van der Waals surface area (Å²) < 4.78 is 0. The fourth-order valence-electron chi connectivity index (χ4n) is 0. The van der Waals surface area contributed by atoms with Gasteiger partial charge >= 0.3 is 39.1 Å². The van der Waals surface area contributed by atoms with Gasteiger partial charge in [0, 0.05) is 0 Å². The smallest absolute Gasteiger partial charge is 1.00 e. The third-order valence-corrected chi connectivity index (χ3v) is 0. The van der Waals surface area contributed by atoms with Crippen molar-refractivity contribution in [1.82, 2.24) is 0 Å². The molecule has 0 aromatic heterocycles. The summed E-state index contributed by atoms with van der Waals surface area (Å²) in [6, 6.07) is 0. The molecular formula is AlF7Ti. The summed E-state index contributed by atoms with van der Waals surface area (Å²) in [6.45, 7) is 0. The Morgan fingerprint density at radius 3 is 0.333 bits per heavy atom. The topological polar surface area (TPSA) is 0 Å². The predicted molar refractivity (Wildman–Crippen MR) is 5.75 cm³/mol. The zero-order valence-corrected chi connectivity index (χ0v) is 6.44. The molecule has 0 aliphatic heterocycles. The Hall–Kier alpha value is 0.757. The molecular weight excluding hydrogens is 208 g/mol. The quantitative estimate of drug-likeness (QED) is 0.274. The minimum absolute atomic E-state index is 0. The van der Waals surface area contributed by atoms with Crippen molar-refractivity contribution in [2.24, 2.45) is 0 Å². The van der Waals surface area contributed by atoms with E-state index in [1.54, 1.807) is 0 Å². The van der Waals surface area contributed by atoms with E-state index in [9.17, 15) is 0 Å². The van der Waals surface area contributed by atoms with Gasteiger partial charge in [0.1, 0.15) is 0 Å². The minimum atomic E-state index is 0. The van der Waals surface area contributed by atoms with Crippen LogP contribution in [0.4, 0.5) is 0 Å². The standard InChI is InChI=1S/Al.7FH.Ti/h;7*1H;/q+3;;;;;;;;+4/p-7. The molecule has 0 saturated carbocycles. The van der Waals surface area contributed by atoms with Gasteiger partial charge in [-0.3, -0.25) is 0 Å². The van der Waals surface area contributed by atoms with E-state index < -0.39 is 0 Å². The molecule has 0 unspecified atom stereocenters. The second-order valence-electron chi connectivity index (χ2n) is 0. The maximum atomic E-state index is 0. The summed E-state index contributed by atoms with van der Waals surface area (Å²) in [4.78, 5) is 0. The Labute approximate surface area is 72.3 Å². The number of rotatable bonds is 0. The summed E-state index contributed by atoms with van der Waals surface area (Å²) in [7, 11) is 0. The van der Waals surface area contributed by atoms with Crippen molar-refractivity contribution >= 4 is 17.4 Å². The summed E-state index contributed by atoms with van der Waals surface area (Å²) in [6.07, 6.45) is 0. The van der Waals surface area contributed by atoms with E-state index in [4.69, 9.17) is 0 Å². The summed E-state index contributed by atoms with van der Waals surface area (Å²) in [5.41, 5.74) is 0. The molecule has 0 aliphatic carbocycles. The normalized spacial score (nSPS) is 0. The van der Waals surface area contributed by atoms with Crippen LogP contribution in [0.25, 0.3) is 0 Å². The Kier molecular flexibility index (Phi) is 134000. The Bertz CT molecular complexity index is 8.88. The van der Waals surface area contributed by atoms with E-state index in [0.717, 1.165) is 0 Å². The fourth-order valence-corrected chi connectivity index (χ4v) is 0. The van der Waals surface area contributed by atoms with Crippen LogP contribution in [0, 0.1) is 0 Å². The average molecular weight is 208 g/mol. The summed E-state index contributed by atoms with van der Waals surface area (Å²) >= 11 is 0. The van der Waals surface area contributed by atoms with Crippen LogP contribution in [0.5, 0.6) is 0 Å². The third kappa shape index (κ3) is 698. The van der Waals surface area contributed by atoms with Gasteiger partial charge in [-0.15, -0.1) is 0 Å². The molecule has 0 aromatic carbocycles. The molecule has 0 aromatic rings. The van der Waals surface area contributed by atoms with Crippen molar-refractivity contribution in [3.63, 3.8) is 0 Å². The maximum absolute atomic E-state index is 0. The van der Waals surface area contributed by atoms with Crippen molar-refractivity contribution in [1.29, 1.82) is 0 Å². The molecule has 0 N–H and O–H groups in total. The molecule has 0 spiro atoms. The average Bonchev–Trinajstić information content (AvgIpc) is 0. The minimum Gasteiger partial charge on any atom is -1.00 e. The molecule has 0 fully saturated rings. The van der Waals surface area contributed by atoms with Gasteiger partial charge in [-0.25, -0.2) is 0 Å². The zero-order chi connectivity index (χ0) is 0. The van der Waals surface area contributed by atoms with Gasteiger partial charge in [0.2, 0.25) is 0 Å². The van der Waals surface area contributed by atoms with Gasteiger partial charge in [-0.2, -0.15) is 0 Å². The Balaban J connectivity index is 0. The predicted octanol–water partition coefficient (Wildman–Crippen LogP) is -21.4. The van der Waals surface area contributed by atoms with Crippen molar-refractivity contribution in [2.45, 2.75) is 0 Å². The number of hydrogen-bond acceptors (Lipinski definition) is 0. The first-order chi connectivity index (χ1) is 0. The van der Waals surface area contributed by atoms with Gasteiger partial charge in [-0.1, -0.05) is 0 Å². The van der Waals surface area contributed by atoms with Gasteiger partial charge < -0.3 is 32.9 Å². The van der Waals surface area contributed by atoms with Gasteiger partial charge in [0.05, 0.1) is 0 Å². The van der Waals surface area contributed by atoms with Crippen LogP contribution in [0.2, 0.25) is 0 Å². The van der Waals surface area contributed by atoms with Crippen LogP contribution in [-0.2, 0) is 21.7 Å². The molecule has 9 heavy (non-hydrogen) atoms. The second-order valence-corrected chi connectivity index (χ2v) is 0. The maximum Gasteiger partial charge on any atom is 4.00 e. The van der Waals surface area contributed by atoms with E-state index >= 15 is 0 Å². The van der Waals surface area contributed by atoms with Crippen LogP contribution in [0.3, 0.4) is 0 Å². The van der Waals surface area contributed by atoms with Crippen molar-refractivity contribution in [3.05, 3.63) is 0 Å². The van der Waals surface area contributed by atoms with Crippen molar-refractivity contribution in [2.75, 3.05) is 0 Å². The first kappa shape index (κ1) is 1310. The van der Waals surface area contributed by atoms with Crippen LogP contribution < -0.4 is 32.9 Å². The van der Waals surface area contributed by atoms with Crippen molar-refractivity contribution in [3.8, 4) is 0 Å². The van der Waals surface area contributed by atoms with Crippen LogP contribution >= 0.6 is 0 Å². The summed E-state index contributed by atoms with van der Waals surface area (Å²) in [5.74, 6) is 0. The third-order valence-electron chi connectivity index (χ3n) is 0. The molecule has 0 radical (unpaired) electrons. The fraction of sp³-hybridized carbons (Fsp3) is 0. The molecule has 56 valence electrons. The molecule has 0 atom stereocenters. The SMILES string of the molecule is [Al+3].[F-].[F-].[F-].[F-].[F-].[F-].[F-].[Ti+4]. The van der Waals surface area contributed by atoms with Crippen LogP contribution in [0.15, 0.2) is 0 Å². The van der Waals surface area contributed by atoms with Crippen LogP contribution in [0.1, 0.15) is 0 Å². The first-order valence-corrected chi connectivity index (χ1v) is 0. The van der Waals surface area contributed by atoms with E-state index in [1.807, 2.05) is 0 Å². The molecule has 0 aliphatic rings. The monoisotopic (exact) mass is 208 g/mol. The molecule has 0 bridgehead atoms. The van der Waals surface area contributed by atoms with Gasteiger partial charge in [-0.05, 0) is 0 Å². The van der Waals surface area contributed by atoms with Gasteiger partial charge in [0.25, 0.3) is 0 Å². The molecule has 9 heteroatoms. The molecule has 0 amide bonds. The second kappa shape index (κ2) is 920. The van der Waals surface area contributed by atoms with E-state index in [0.29, 0.717) is 0 Å². The number of halogens is 7.